The van der Waals surface area contributed by atoms with Crippen LogP contribution in [0.3, 0.4) is 0 Å². The summed E-state index contributed by atoms with van der Waals surface area (Å²) in [6, 6.07) is 17.2. The summed E-state index contributed by atoms with van der Waals surface area (Å²) < 4.78 is 5.33. The topological polar surface area (TPSA) is 62.7 Å². The number of carbonyl (C=O) groups excluding carboxylic acids is 2. The second-order valence-corrected chi connectivity index (χ2v) is 8.27. The first-order valence-corrected chi connectivity index (χ1v) is 11.2. The number of hydrogen-bond donors (Lipinski definition) is 0. The number of para-hydroxylation sites is 1. The van der Waals surface area contributed by atoms with Gasteiger partial charge in [0.1, 0.15) is 10.8 Å². The van der Waals surface area contributed by atoms with Gasteiger partial charge in [-0.1, -0.05) is 42.5 Å². The van der Waals surface area contributed by atoms with Gasteiger partial charge in [-0.25, -0.2) is 4.98 Å². The van der Waals surface area contributed by atoms with Crippen LogP contribution >= 0.6 is 11.3 Å². The third-order valence-corrected chi connectivity index (χ3v) is 6.32. The first-order valence-electron chi connectivity index (χ1n) is 10.4. The first-order chi connectivity index (χ1) is 15.2. The number of carbonyl (C=O) groups is 2. The van der Waals surface area contributed by atoms with Crippen molar-refractivity contribution in [1.29, 1.82) is 0 Å². The molecule has 0 aliphatic carbocycles. The zero-order valence-corrected chi connectivity index (χ0v) is 18.3. The smallest absolute Gasteiger partial charge is 0.257 e. The molecule has 1 aliphatic heterocycles. The molecule has 1 aliphatic rings. The van der Waals surface area contributed by atoms with Crippen molar-refractivity contribution in [2.45, 2.75) is 12.8 Å². The highest BCUT2D eigenvalue weighted by Crippen LogP contribution is 2.24. The molecule has 4 rings (SSSR count). The van der Waals surface area contributed by atoms with E-state index in [2.05, 4.69) is 4.98 Å². The fraction of sp³-hybridized carbons (Fsp3) is 0.292. The monoisotopic (exact) mass is 435 g/mol. The average molecular weight is 436 g/mol. The van der Waals surface area contributed by atoms with Gasteiger partial charge in [-0.2, -0.15) is 0 Å². The summed E-state index contributed by atoms with van der Waals surface area (Å²) >= 11 is 1.55. The van der Waals surface area contributed by atoms with Crippen molar-refractivity contribution in [2.24, 2.45) is 0 Å². The van der Waals surface area contributed by atoms with Crippen molar-refractivity contribution >= 4 is 23.2 Å². The quantitative estimate of drug-likeness (QED) is 0.613. The SMILES string of the molecule is COc1ccccc1C(=O)N1CCCN(C(=O)Cc2csc(-c3ccccc3)n2)CC1. The summed E-state index contributed by atoms with van der Waals surface area (Å²) in [5, 5.41) is 2.88. The van der Waals surface area contributed by atoms with Gasteiger partial charge in [-0.05, 0) is 18.6 Å². The third kappa shape index (κ3) is 4.94. The summed E-state index contributed by atoms with van der Waals surface area (Å²) in [5.41, 5.74) is 2.41. The van der Waals surface area contributed by atoms with Crippen LogP contribution in [0.1, 0.15) is 22.5 Å². The van der Waals surface area contributed by atoms with Gasteiger partial charge in [-0.3, -0.25) is 9.59 Å². The summed E-state index contributed by atoms with van der Waals surface area (Å²) in [4.78, 5) is 34.1. The lowest BCUT2D eigenvalue weighted by molar-refractivity contribution is -0.130. The zero-order chi connectivity index (χ0) is 21.6. The average Bonchev–Trinajstić information content (AvgIpc) is 3.13. The number of thiazole rings is 1. The highest BCUT2D eigenvalue weighted by molar-refractivity contribution is 7.13. The number of rotatable bonds is 5. The van der Waals surface area contributed by atoms with Crippen molar-refractivity contribution in [3.63, 3.8) is 0 Å². The number of methoxy groups -OCH3 is 1. The van der Waals surface area contributed by atoms with Crippen LogP contribution in [0.25, 0.3) is 10.6 Å². The minimum absolute atomic E-state index is 0.0523. The highest BCUT2D eigenvalue weighted by Gasteiger charge is 2.25. The standard InChI is InChI=1S/C24H25N3O3S/c1-30-21-11-6-5-10-20(21)24(29)27-13-7-12-26(14-15-27)22(28)16-19-17-31-23(25-19)18-8-3-2-4-9-18/h2-6,8-11,17H,7,12-16H2,1H3. The molecule has 1 aromatic heterocycles. The molecule has 2 aromatic carbocycles. The van der Waals surface area contributed by atoms with Crippen LogP contribution in [0, 0.1) is 0 Å². The summed E-state index contributed by atoms with van der Waals surface area (Å²) in [7, 11) is 1.57. The van der Waals surface area contributed by atoms with Crippen molar-refractivity contribution in [3.8, 4) is 16.3 Å². The van der Waals surface area contributed by atoms with E-state index in [1.54, 1.807) is 30.6 Å². The molecule has 0 saturated carbocycles. The van der Waals surface area contributed by atoms with Gasteiger partial charge in [0, 0.05) is 37.1 Å². The van der Waals surface area contributed by atoms with Gasteiger partial charge >= 0.3 is 0 Å². The van der Waals surface area contributed by atoms with E-state index in [0.29, 0.717) is 37.5 Å². The van der Waals surface area contributed by atoms with Crippen molar-refractivity contribution < 1.29 is 14.3 Å². The lowest BCUT2D eigenvalue weighted by Crippen LogP contribution is -2.38. The van der Waals surface area contributed by atoms with Gasteiger partial charge < -0.3 is 14.5 Å². The van der Waals surface area contributed by atoms with Gasteiger partial charge in [0.25, 0.3) is 5.91 Å². The number of ether oxygens (including phenoxy) is 1. The second-order valence-electron chi connectivity index (χ2n) is 7.41. The maximum Gasteiger partial charge on any atom is 0.257 e. The molecule has 0 bridgehead atoms. The molecule has 2 heterocycles. The Kier molecular flexibility index (Phi) is 6.62. The Balaban J connectivity index is 1.37. The van der Waals surface area contributed by atoms with Crippen LogP contribution in [0.2, 0.25) is 0 Å². The lowest BCUT2D eigenvalue weighted by Gasteiger charge is -2.22. The Labute approximate surface area is 186 Å². The molecule has 160 valence electrons. The molecule has 0 N–H and O–H groups in total. The van der Waals surface area contributed by atoms with E-state index in [-0.39, 0.29) is 18.2 Å². The van der Waals surface area contributed by atoms with Crippen LogP contribution in [-0.4, -0.2) is 59.9 Å². The summed E-state index contributed by atoms with van der Waals surface area (Å²) in [5.74, 6) is 0.567. The Hall–Kier alpha value is -3.19. The number of amides is 2. The summed E-state index contributed by atoms with van der Waals surface area (Å²) in [6.45, 7) is 2.30. The van der Waals surface area contributed by atoms with Crippen molar-refractivity contribution in [2.75, 3.05) is 33.3 Å². The largest absolute Gasteiger partial charge is 0.496 e. The lowest BCUT2D eigenvalue weighted by atomic mass is 10.1. The van der Waals surface area contributed by atoms with Crippen molar-refractivity contribution in [3.05, 3.63) is 71.2 Å². The normalized spacial score (nSPS) is 14.2. The maximum absolute atomic E-state index is 13.0. The molecule has 0 unspecified atom stereocenters. The number of benzene rings is 2. The molecule has 31 heavy (non-hydrogen) atoms. The van der Waals surface area contributed by atoms with E-state index < -0.39 is 0 Å². The Morgan fingerprint density at radius 1 is 0.968 bits per heavy atom. The molecule has 0 radical (unpaired) electrons. The number of aromatic nitrogens is 1. The molecular weight excluding hydrogens is 410 g/mol. The highest BCUT2D eigenvalue weighted by atomic mass is 32.1. The number of nitrogens with zero attached hydrogens (tertiary/aromatic N) is 3. The van der Waals surface area contributed by atoms with E-state index in [1.165, 1.54) is 0 Å². The van der Waals surface area contributed by atoms with E-state index in [9.17, 15) is 9.59 Å². The molecular formula is C24H25N3O3S. The van der Waals surface area contributed by atoms with Crippen LogP contribution in [0.4, 0.5) is 0 Å². The minimum atomic E-state index is -0.0567. The maximum atomic E-state index is 13.0. The Morgan fingerprint density at radius 2 is 1.68 bits per heavy atom. The third-order valence-electron chi connectivity index (χ3n) is 5.38. The fourth-order valence-electron chi connectivity index (χ4n) is 3.73. The summed E-state index contributed by atoms with van der Waals surface area (Å²) in [6.07, 6.45) is 1.03. The first kappa shape index (κ1) is 21.1. The molecule has 3 aromatic rings. The van der Waals surface area contributed by atoms with Crippen LogP contribution in [0.5, 0.6) is 5.75 Å². The van der Waals surface area contributed by atoms with E-state index in [0.717, 1.165) is 22.7 Å². The van der Waals surface area contributed by atoms with E-state index >= 15 is 0 Å². The molecule has 7 heteroatoms. The predicted molar refractivity (Wildman–Crippen MR) is 121 cm³/mol. The van der Waals surface area contributed by atoms with Gasteiger partial charge in [0.2, 0.25) is 5.91 Å². The molecule has 6 nitrogen and oxygen atoms in total. The predicted octanol–water partition coefficient (Wildman–Crippen LogP) is 3.74. The van der Waals surface area contributed by atoms with E-state index in [4.69, 9.17) is 4.74 Å². The van der Waals surface area contributed by atoms with Gasteiger partial charge in [0.05, 0.1) is 24.8 Å². The Morgan fingerprint density at radius 3 is 2.48 bits per heavy atom. The fourth-order valence-corrected chi connectivity index (χ4v) is 4.56. The number of hydrogen-bond acceptors (Lipinski definition) is 5. The van der Waals surface area contributed by atoms with E-state index in [1.807, 2.05) is 57.6 Å². The van der Waals surface area contributed by atoms with Gasteiger partial charge in [0.15, 0.2) is 0 Å². The Bertz CT molecular complexity index is 1050. The molecule has 2 amide bonds. The second kappa shape index (κ2) is 9.75. The van der Waals surface area contributed by atoms with Crippen LogP contribution in [0.15, 0.2) is 60.0 Å². The van der Waals surface area contributed by atoms with Crippen LogP contribution < -0.4 is 4.74 Å². The molecule has 0 atom stereocenters. The van der Waals surface area contributed by atoms with Gasteiger partial charge in [-0.15, -0.1) is 11.3 Å². The molecule has 1 fully saturated rings. The van der Waals surface area contributed by atoms with Crippen LogP contribution in [-0.2, 0) is 11.2 Å². The molecule has 1 saturated heterocycles. The minimum Gasteiger partial charge on any atom is -0.496 e. The van der Waals surface area contributed by atoms with Crippen molar-refractivity contribution in [1.82, 2.24) is 14.8 Å². The molecule has 0 spiro atoms. The zero-order valence-electron chi connectivity index (χ0n) is 17.5.